The fraction of sp³-hybridized carbons (Fsp3) is 0.571. The van der Waals surface area contributed by atoms with Crippen molar-refractivity contribution in [3.05, 3.63) is 35.4 Å². The van der Waals surface area contributed by atoms with E-state index >= 15 is 0 Å². The van der Waals surface area contributed by atoms with E-state index in [1.165, 1.54) is 31.6 Å². The molecule has 2 fully saturated rings. The summed E-state index contributed by atoms with van der Waals surface area (Å²) in [6, 6.07) is 4.66. The average Bonchev–Trinajstić information content (AvgIpc) is 2.75. The molecule has 0 amide bonds. The van der Waals surface area contributed by atoms with Gasteiger partial charge in [0.25, 0.3) is 0 Å². The summed E-state index contributed by atoms with van der Waals surface area (Å²) < 4.78 is 25.9. The Balaban J connectivity index is 1.58. The molecule has 2 aliphatic heterocycles. The molecule has 0 aliphatic carbocycles. The van der Waals surface area contributed by atoms with Gasteiger partial charge in [0.2, 0.25) is 0 Å². The number of hydrogen-bond acceptors (Lipinski definition) is 2. The number of hydrogen-bond donors (Lipinski definition) is 1. The van der Waals surface area contributed by atoms with E-state index in [2.05, 4.69) is 10.2 Å². The Hall–Kier alpha value is -1.00. The first-order valence-corrected chi connectivity index (χ1v) is 6.62. The van der Waals surface area contributed by atoms with Crippen LogP contribution in [0.4, 0.5) is 8.78 Å². The van der Waals surface area contributed by atoms with E-state index in [-0.39, 0.29) is 0 Å². The lowest BCUT2D eigenvalue weighted by Gasteiger charge is -2.31. The average molecular weight is 252 g/mol. The maximum absolute atomic E-state index is 13.1. The number of fused-ring (bicyclic) bond motifs is 2. The fourth-order valence-electron chi connectivity index (χ4n) is 3.12. The summed E-state index contributed by atoms with van der Waals surface area (Å²) in [4.78, 5) is 2.50. The predicted molar refractivity (Wildman–Crippen MR) is 66.1 cm³/mol. The molecular weight excluding hydrogens is 234 g/mol. The second kappa shape index (κ2) is 4.94. The maximum Gasteiger partial charge on any atom is 0.159 e. The summed E-state index contributed by atoms with van der Waals surface area (Å²) in [6.07, 6.45) is 2.42. The molecule has 2 saturated heterocycles. The molecule has 2 heterocycles. The summed E-state index contributed by atoms with van der Waals surface area (Å²) >= 11 is 0. The van der Waals surface area contributed by atoms with Crippen LogP contribution in [0.2, 0.25) is 0 Å². The van der Waals surface area contributed by atoms with Crippen LogP contribution in [0.3, 0.4) is 0 Å². The zero-order valence-electron chi connectivity index (χ0n) is 10.3. The predicted octanol–water partition coefficient (Wildman–Crippen LogP) is 2.15. The quantitative estimate of drug-likeness (QED) is 0.886. The van der Waals surface area contributed by atoms with Crippen molar-refractivity contribution < 1.29 is 8.78 Å². The third kappa shape index (κ3) is 2.40. The van der Waals surface area contributed by atoms with Crippen LogP contribution in [0.15, 0.2) is 18.2 Å². The third-order valence-electron chi connectivity index (χ3n) is 4.19. The van der Waals surface area contributed by atoms with E-state index in [1.54, 1.807) is 6.07 Å². The van der Waals surface area contributed by atoms with Crippen LogP contribution in [-0.2, 0) is 6.54 Å². The molecule has 3 unspecified atom stereocenters. The van der Waals surface area contributed by atoms with Gasteiger partial charge in [0.05, 0.1) is 0 Å². The first kappa shape index (κ1) is 12.1. The monoisotopic (exact) mass is 252 g/mol. The molecule has 1 aromatic rings. The van der Waals surface area contributed by atoms with Crippen molar-refractivity contribution in [2.75, 3.05) is 19.6 Å². The zero-order chi connectivity index (χ0) is 12.5. The fourth-order valence-corrected chi connectivity index (χ4v) is 3.12. The molecule has 2 bridgehead atoms. The van der Waals surface area contributed by atoms with Gasteiger partial charge in [0, 0.05) is 19.1 Å². The first-order chi connectivity index (χ1) is 8.72. The highest BCUT2D eigenvalue weighted by Gasteiger charge is 2.33. The molecule has 2 nitrogen and oxygen atoms in total. The summed E-state index contributed by atoms with van der Waals surface area (Å²) in [5.41, 5.74) is 0.814. The van der Waals surface area contributed by atoms with Gasteiger partial charge in [0.15, 0.2) is 11.6 Å². The normalized spacial score (nSPS) is 30.7. The first-order valence-electron chi connectivity index (χ1n) is 6.62. The lowest BCUT2D eigenvalue weighted by Crippen LogP contribution is -2.43. The van der Waals surface area contributed by atoms with Crippen LogP contribution < -0.4 is 5.32 Å². The summed E-state index contributed by atoms with van der Waals surface area (Å²) in [5, 5.41) is 3.50. The van der Waals surface area contributed by atoms with Crippen LogP contribution in [-0.4, -0.2) is 30.6 Å². The van der Waals surface area contributed by atoms with Gasteiger partial charge in [-0.1, -0.05) is 6.07 Å². The molecule has 0 aromatic heterocycles. The van der Waals surface area contributed by atoms with Gasteiger partial charge in [0.1, 0.15) is 0 Å². The van der Waals surface area contributed by atoms with Crippen molar-refractivity contribution in [2.24, 2.45) is 5.92 Å². The van der Waals surface area contributed by atoms with Crippen molar-refractivity contribution >= 4 is 0 Å². The topological polar surface area (TPSA) is 15.3 Å². The molecule has 1 aromatic carbocycles. The molecule has 98 valence electrons. The van der Waals surface area contributed by atoms with E-state index in [0.29, 0.717) is 12.6 Å². The Labute approximate surface area is 106 Å². The van der Waals surface area contributed by atoms with Crippen LogP contribution >= 0.6 is 0 Å². The van der Waals surface area contributed by atoms with Crippen LogP contribution in [0.1, 0.15) is 18.4 Å². The number of benzene rings is 1. The summed E-state index contributed by atoms with van der Waals surface area (Å²) in [5.74, 6) is -0.808. The Morgan fingerprint density at radius 3 is 2.83 bits per heavy atom. The number of nitrogens with one attached hydrogen (secondary N) is 1. The van der Waals surface area contributed by atoms with Gasteiger partial charge < -0.3 is 10.2 Å². The van der Waals surface area contributed by atoms with Crippen molar-refractivity contribution in [3.63, 3.8) is 0 Å². The Bertz CT molecular complexity index is 436. The molecular formula is C14H18F2N2. The van der Waals surface area contributed by atoms with Crippen molar-refractivity contribution in [3.8, 4) is 0 Å². The maximum atomic E-state index is 13.1. The van der Waals surface area contributed by atoms with E-state index < -0.39 is 11.6 Å². The zero-order valence-corrected chi connectivity index (χ0v) is 10.3. The van der Waals surface area contributed by atoms with Gasteiger partial charge >= 0.3 is 0 Å². The third-order valence-corrected chi connectivity index (χ3v) is 4.19. The highest BCUT2D eigenvalue weighted by molar-refractivity contribution is 5.17. The number of nitrogens with zero attached hydrogens (tertiary/aromatic N) is 1. The van der Waals surface area contributed by atoms with Gasteiger partial charge in [-0.2, -0.15) is 0 Å². The Morgan fingerprint density at radius 2 is 2.00 bits per heavy atom. The summed E-state index contributed by atoms with van der Waals surface area (Å²) in [7, 11) is 0. The Morgan fingerprint density at radius 1 is 1.17 bits per heavy atom. The number of piperidine rings is 1. The molecule has 3 atom stereocenters. The van der Waals surface area contributed by atoms with E-state index in [1.807, 2.05) is 0 Å². The lowest BCUT2D eigenvalue weighted by molar-refractivity contribution is 0.220. The summed E-state index contributed by atoms with van der Waals surface area (Å²) in [6.45, 7) is 4.19. The largest absolute Gasteiger partial charge is 0.310 e. The molecule has 0 radical (unpaired) electrons. The lowest BCUT2D eigenvalue weighted by atomic mass is 9.94. The second-order valence-electron chi connectivity index (χ2n) is 5.37. The standard InChI is InChI=1S/C14H18F2N2/c15-12-2-1-10(7-13(12)16)8-17-14-4-6-18-5-3-11(14)9-18/h1-2,7,11,14,17H,3-6,8-9H2. The molecule has 2 aliphatic rings. The molecule has 18 heavy (non-hydrogen) atoms. The second-order valence-corrected chi connectivity index (χ2v) is 5.37. The van der Waals surface area contributed by atoms with Crippen LogP contribution in [0, 0.1) is 17.6 Å². The Kier molecular flexibility index (Phi) is 3.31. The van der Waals surface area contributed by atoms with Gasteiger partial charge in [-0.05, 0) is 49.5 Å². The van der Waals surface area contributed by atoms with Crippen molar-refractivity contribution in [1.29, 1.82) is 0 Å². The minimum Gasteiger partial charge on any atom is -0.310 e. The highest BCUT2D eigenvalue weighted by Crippen LogP contribution is 2.27. The van der Waals surface area contributed by atoms with E-state index in [4.69, 9.17) is 0 Å². The van der Waals surface area contributed by atoms with E-state index in [9.17, 15) is 8.78 Å². The van der Waals surface area contributed by atoms with Gasteiger partial charge in [-0.25, -0.2) is 8.78 Å². The minimum atomic E-state index is -0.775. The van der Waals surface area contributed by atoms with Crippen molar-refractivity contribution in [2.45, 2.75) is 25.4 Å². The van der Waals surface area contributed by atoms with E-state index in [0.717, 1.165) is 24.4 Å². The molecule has 3 rings (SSSR count). The highest BCUT2D eigenvalue weighted by atomic mass is 19.2. The van der Waals surface area contributed by atoms with Crippen LogP contribution in [0.5, 0.6) is 0 Å². The smallest absolute Gasteiger partial charge is 0.159 e. The van der Waals surface area contributed by atoms with Gasteiger partial charge in [-0.3, -0.25) is 0 Å². The number of halogens is 2. The molecule has 0 saturated carbocycles. The van der Waals surface area contributed by atoms with Crippen LogP contribution in [0.25, 0.3) is 0 Å². The van der Waals surface area contributed by atoms with Crippen molar-refractivity contribution in [1.82, 2.24) is 10.2 Å². The SMILES string of the molecule is Fc1ccc(CNC2CCN3CCC2C3)cc1F. The number of rotatable bonds is 3. The minimum absolute atomic E-state index is 0.525. The molecule has 0 spiro atoms. The molecule has 4 heteroatoms. The molecule has 1 N–H and O–H groups in total. The van der Waals surface area contributed by atoms with Gasteiger partial charge in [-0.15, -0.1) is 0 Å².